The molecule has 1 aromatic heterocycles. The van der Waals surface area contributed by atoms with Gasteiger partial charge in [-0.1, -0.05) is 18.2 Å². The molecule has 0 N–H and O–H groups in total. The zero-order valence-electron chi connectivity index (χ0n) is 14.2. The Morgan fingerprint density at radius 1 is 1.28 bits per heavy atom. The Kier molecular flexibility index (Phi) is 3.75. The van der Waals surface area contributed by atoms with Crippen molar-refractivity contribution in [2.45, 2.75) is 30.1 Å². The third kappa shape index (κ3) is 2.93. The molecule has 25 heavy (non-hydrogen) atoms. The molecule has 2 saturated heterocycles. The molecular formula is C20H22N2O2S. The molecule has 5 rings (SSSR count). The maximum atomic E-state index is 12.9. The largest absolute Gasteiger partial charge is 0.377 e. The number of carbonyl (C=O) groups excluding carboxylic acids is 1. The van der Waals surface area contributed by atoms with Crippen molar-refractivity contribution in [3.63, 3.8) is 0 Å². The molecule has 1 amide bonds. The number of hydrogen-bond acceptors (Lipinski definition) is 4. The van der Waals surface area contributed by atoms with Gasteiger partial charge in [-0.2, -0.15) is 0 Å². The van der Waals surface area contributed by atoms with Gasteiger partial charge in [0, 0.05) is 37.0 Å². The van der Waals surface area contributed by atoms with Crippen LogP contribution in [0.25, 0.3) is 10.9 Å². The lowest BCUT2D eigenvalue weighted by Crippen LogP contribution is -2.60. The highest BCUT2D eigenvalue weighted by molar-refractivity contribution is 8.01. The highest BCUT2D eigenvalue weighted by Crippen LogP contribution is 2.47. The molecule has 2 aromatic rings. The van der Waals surface area contributed by atoms with Crippen LogP contribution in [0, 0.1) is 5.92 Å². The molecular weight excluding hydrogens is 332 g/mol. The first kappa shape index (κ1) is 15.6. The van der Waals surface area contributed by atoms with E-state index in [9.17, 15) is 4.79 Å². The van der Waals surface area contributed by atoms with Crippen LogP contribution >= 0.6 is 11.8 Å². The lowest BCUT2D eigenvalue weighted by Gasteiger charge is -2.47. The topological polar surface area (TPSA) is 42.4 Å². The second-order valence-corrected chi connectivity index (χ2v) is 9.12. The van der Waals surface area contributed by atoms with Crippen molar-refractivity contribution >= 4 is 28.6 Å². The van der Waals surface area contributed by atoms with Gasteiger partial charge in [-0.3, -0.25) is 9.78 Å². The lowest BCUT2D eigenvalue weighted by atomic mass is 9.92. The van der Waals surface area contributed by atoms with Gasteiger partial charge >= 0.3 is 0 Å². The first-order valence-electron chi connectivity index (χ1n) is 9.11. The number of carbonyl (C=O) groups is 1. The Hall–Kier alpha value is -1.59. The minimum Gasteiger partial charge on any atom is -0.377 e. The van der Waals surface area contributed by atoms with Crippen LogP contribution in [0.5, 0.6) is 0 Å². The van der Waals surface area contributed by atoms with Gasteiger partial charge in [0.1, 0.15) is 0 Å². The normalized spacial score (nSPS) is 24.6. The van der Waals surface area contributed by atoms with Crippen LogP contribution in [-0.2, 0) is 4.74 Å². The molecule has 1 aromatic carbocycles. The van der Waals surface area contributed by atoms with Gasteiger partial charge in [-0.15, -0.1) is 11.8 Å². The smallest absolute Gasteiger partial charge is 0.254 e. The average molecular weight is 354 g/mol. The third-order valence-corrected chi connectivity index (χ3v) is 7.14. The van der Waals surface area contributed by atoms with Crippen LogP contribution in [-0.4, -0.2) is 52.1 Å². The van der Waals surface area contributed by atoms with E-state index < -0.39 is 0 Å². The van der Waals surface area contributed by atoms with Crippen LogP contribution in [0.1, 0.15) is 29.6 Å². The maximum absolute atomic E-state index is 12.9. The molecule has 5 heteroatoms. The van der Waals surface area contributed by atoms with Gasteiger partial charge < -0.3 is 9.64 Å². The van der Waals surface area contributed by atoms with Crippen LogP contribution in [0.15, 0.2) is 36.5 Å². The van der Waals surface area contributed by atoms with E-state index in [1.54, 1.807) is 6.20 Å². The molecule has 1 atom stereocenters. The van der Waals surface area contributed by atoms with Crippen molar-refractivity contribution in [3.05, 3.63) is 42.1 Å². The maximum Gasteiger partial charge on any atom is 0.254 e. The fourth-order valence-corrected chi connectivity index (χ4v) is 5.48. The minimum absolute atomic E-state index is 0.132. The van der Waals surface area contributed by atoms with Gasteiger partial charge in [0.25, 0.3) is 5.91 Å². The number of ether oxygens (including phenoxy) is 1. The van der Waals surface area contributed by atoms with Crippen molar-refractivity contribution in [1.29, 1.82) is 0 Å². The molecule has 3 fully saturated rings. The molecule has 3 heterocycles. The molecule has 0 radical (unpaired) electrons. The van der Waals surface area contributed by atoms with Gasteiger partial charge in [0.2, 0.25) is 0 Å². The number of thioether (sulfide) groups is 1. The van der Waals surface area contributed by atoms with Gasteiger partial charge in [0.05, 0.1) is 21.9 Å². The fourth-order valence-electron chi connectivity index (χ4n) is 3.93. The van der Waals surface area contributed by atoms with E-state index >= 15 is 0 Å². The summed E-state index contributed by atoms with van der Waals surface area (Å²) in [5, 5.41) is 0.945. The predicted octanol–water partition coefficient (Wildman–Crippen LogP) is 3.36. The van der Waals surface area contributed by atoms with Gasteiger partial charge in [0.15, 0.2) is 0 Å². The number of aromatic nitrogens is 1. The molecule has 2 aliphatic heterocycles. The Balaban J connectivity index is 1.25. The first-order valence-corrected chi connectivity index (χ1v) is 10.1. The van der Waals surface area contributed by atoms with E-state index in [0.29, 0.717) is 6.10 Å². The Labute approximate surface area is 151 Å². The third-order valence-electron chi connectivity index (χ3n) is 5.56. The number of likely N-dealkylation sites (tertiary alicyclic amines) is 1. The minimum atomic E-state index is 0.132. The fraction of sp³-hybridized carbons (Fsp3) is 0.500. The quantitative estimate of drug-likeness (QED) is 0.844. The Bertz CT molecular complexity index is 809. The van der Waals surface area contributed by atoms with Crippen molar-refractivity contribution < 1.29 is 9.53 Å². The van der Waals surface area contributed by atoms with E-state index in [1.165, 1.54) is 12.8 Å². The Morgan fingerprint density at radius 2 is 2.12 bits per heavy atom. The van der Waals surface area contributed by atoms with Crippen molar-refractivity contribution in [2.75, 3.05) is 25.4 Å². The van der Waals surface area contributed by atoms with Gasteiger partial charge in [-0.25, -0.2) is 0 Å². The second-order valence-electron chi connectivity index (χ2n) is 7.63. The number of para-hydroxylation sites is 1. The summed E-state index contributed by atoms with van der Waals surface area (Å²) in [5.74, 6) is 2.03. The summed E-state index contributed by atoms with van der Waals surface area (Å²) in [7, 11) is 0. The molecule has 1 spiro atoms. The number of pyridine rings is 1. The molecule has 130 valence electrons. The van der Waals surface area contributed by atoms with Crippen molar-refractivity contribution in [3.8, 4) is 0 Å². The molecule has 0 bridgehead atoms. The summed E-state index contributed by atoms with van der Waals surface area (Å²) >= 11 is 2.00. The zero-order valence-corrected chi connectivity index (χ0v) is 15.0. The van der Waals surface area contributed by atoms with Crippen LogP contribution in [0.4, 0.5) is 0 Å². The second kappa shape index (κ2) is 5.99. The highest BCUT2D eigenvalue weighted by Gasteiger charge is 2.51. The molecule has 4 nitrogen and oxygen atoms in total. The Morgan fingerprint density at radius 3 is 2.96 bits per heavy atom. The number of hydrogen-bond donors (Lipinski definition) is 0. The average Bonchev–Trinajstić information content (AvgIpc) is 3.35. The standard InChI is InChI=1S/C20H22N2O2S/c23-19(17-7-8-21-18-4-2-1-3-16(17)18)22-12-20(13-22)9-15(11-25-20)24-10-14-5-6-14/h1-4,7-8,14-15H,5-6,9-13H2. The van der Waals surface area contributed by atoms with E-state index in [-0.39, 0.29) is 10.7 Å². The van der Waals surface area contributed by atoms with Crippen molar-refractivity contribution in [1.82, 2.24) is 9.88 Å². The number of fused-ring (bicyclic) bond motifs is 1. The SMILES string of the molecule is O=C(c1ccnc2ccccc12)N1CC2(CC(OCC3CC3)CS2)C1. The molecule has 1 saturated carbocycles. The van der Waals surface area contributed by atoms with Crippen LogP contribution in [0.2, 0.25) is 0 Å². The molecule has 1 aliphatic carbocycles. The number of benzene rings is 1. The first-order chi connectivity index (χ1) is 12.2. The summed E-state index contributed by atoms with van der Waals surface area (Å²) in [6, 6.07) is 9.71. The zero-order chi connectivity index (χ0) is 16.9. The monoisotopic (exact) mass is 354 g/mol. The van der Waals surface area contributed by atoms with Crippen LogP contribution < -0.4 is 0 Å². The summed E-state index contributed by atoms with van der Waals surface area (Å²) in [5.41, 5.74) is 1.65. The van der Waals surface area contributed by atoms with E-state index in [2.05, 4.69) is 4.98 Å². The molecule has 3 aliphatic rings. The van der Waals surface area contributed by atoms with Crippen LogP contribution in [0.3, 0.4) is 0 Å². The number of rotatable bonds is 4. The van der Waals surface area contributed by atoms with E-state index in [4.69, 9.17) is 4.74 Å². The van der Waals surface area contributed by atoms with Crippen molar-refractivity contribution in [2.24, 2.45) is 5.92 Å². The van der Waals surface area contributed by atoms with E-state index in [0.717, 1.165) is 54.3 Å². The summed E-state index contributed by atoms with van der Waals surface area (Å²) in [6.07, 6.45) is 5.88. The van der Waals surface area contributed by atoms with Gasteiger partial charge in [-0.05, 0) is 37.3 Å². The number of nitrogens with zero attached hydrogens (tertiary/aromatic N) is 2. The summed E-state index contributed by atoms with van der Waals surface area (Å²) in [4.78, 5) is 19.3. The summed E-state index contributed by atoms with van der Waals surface area (Å²) < 4.78 is 6.29. The predicted molar refractivity (Wildman–Crippen MR) is 99.9 cm³/mol. The van der Waals surface area contributed by atoms with E-state index in [1.807, 2.05) is 47.0 Å². The highest BCUT2D eigenvalue weighted by atomic mass is 32.2. The summed E-state index contributed by atoms with van der Waals surface area (Å²) in [6.45, 7) is 2.62. The number of amides is 1. The lowest BCUT2D eigenvalue weighted by molar-refractivity contribution is 0.0287. The molecule has 1 unspecified atom stereocenters.